The average molecular weight is 498 g/mol. The van der Waals surface area contributed by atoms with E-state index in [0.29, 0.717) is 25.2 Å². The quantitative estimate of drug-likeness (QED) is 0.337. The number of halogens is 3. The summed E-state index contributed by atoms with van der Waals surface area (Å²) in [5.41, 5.74) is 1.39. The zero-order chi connectivity index (χ0) is 25.2. The van der Waals surface area contributed by atoms with Crippen LogP contribution < -0.4 is 25.2 Å². The number of rotatable bonds is 8. The number of fused-ring (bicyclic) bond motifs is 4. The molecule has 5 N–H and O–H groups in total. The lowest BCUT2D eigenvalue weighted by Gasteiger charge is -2.37. The molecule has 0 radical (unpaired) electrons. The molecule has 2 amide bonds. The molecule has 1 unspecified atom stereocenters. The summed E-state index contributed by atoms with van der Waals surface area (Å²) in [5.74, 6) is 0.227. The Bertz CT molecular complexity index is 1040. The highest BCUT2D eigenvalue weighted by Crippen LogP contribution is 2.41. The predicted molar refractivity (Wildman–Crippen MR) is 118 cm³/mol. The molecule has 1 saturated heterocycles. The fourth-order valence-electron chi connectivity index (χ4n) is 4.00. The van der Waals surface area contributed by atoms with Crippen molar-refractivity contribution in [1.29, 1.82) is 0 Å². The maximum absolute atomic E-state index is 13.2. The van der Waals surface area contributed by atoms with Gasteiger partial charge in [-0.2, -0.15) is 13.2 Å². The lowest BCUT2D eigenvalue weighted by Crippen LogP contribution is -2.48. The van der Waals surface area contributed by atoms with Crippen molar-refractivity contribution >= 4 is 23.2 Å². The first kappa shape index (κ1) is 24.9. The standard InChI is InChI=1S/C21H25F3N6O5/c22-21(23,24)11-27-19(33)12-1-2-15-16(5-12)30(13-3-4-29(15)8-13)20(34)28-17-6-26-18(7-25-17)35-10-14(32)9-31/h1-2,5-7,13-14,19,27,31-33H,3-4,8-11H2,(H,25,28,34)/t13-,14+,19?/m0/s1. The summed E-state index contributed by atoms with van der Waals surface area (Å²) in [7, 11) is 0. The Balaban J connectivity index is 1.49. The van der Waals surface area contributed by atoms with Gasteiger partial charge in [-0.05, 0) is 24.1 Å². The number of carbonyl (C=O) groups is 1. The fraction of sp³-hybridized carbons (Fsp3) is 0.476. The van der Waals surface area contributed by atoms with Gasteiger partial charge in [-0.15, -0.1) is 0 Å². The molecule has 3 heterocycles. The third-order valence-electron chi connectivity index (χ3n) is 5.66. The number of urea groups is 1. The molecule has 35 heavy (non-hydrogen) atoms. The number of aromatic nitrogens is 2. The van der Waals surface area contributed by atoms with Gasteiger partial charge in [0, 0.05) is 13.1 Å². The molecule has 11 nitrogen and oxygen atoms in total. The summed E-state index contributed by atoms with van der Waals surface area (Å²) in [5, 5.41) is 33.0. The van der Waals surface area contributed by atoms with Crippen molar-refractivity contribution in [3.05, 3.63) is 36.2 Å². The van der Waals surface area contributed by atoms with Crippen LogP contribution in [-0.2, 0) is 0 Å². The van der Waals surface area contributed by atoms with Gasteiger partial charge in [-0.1, -0.05) is 6.07 Å². The largest absolute Gasteiger partial charge is 0.474 e. The normalized spacial score (nSPS) is 18.7. The molecule has 1 fully saturated rings. The van der Waals surface area contributed by atoms with Crippen LogP contribution >= 0.6 is 0 Å². The third kappa shape index (κ3) is 5.90. The number of amides is 2. The number of carbonyl (C=O) groups excluding carboxylic acids is 1. The minimum absolute atomic E-state index is 0.0928. The van der Waals surface area contributed by atoms with Crippen LogP contribution in [-0.4, -0.2) is 82.5 Å². The maximum Gasteiger partial charge on any atom is 0.401 e. The van der Waals surface area contributed by atoms with Crippen LogP contribution in [0.15, 0.2) is 30.6 Å². The van der Waals surface area contributed by atoms with E-state index in [0.717, 1.165) is 5.69 Å². The molecule has 2 aliphatic rings. The van der Waals surface area contributed by atoms with Crippen molar-refractivity contribution < 1.29 is 38.0 Å². The van der Waals surface area contributed by atoms with Gasteiger partial charge in [0.2, 0.25) is 5.88 Å². The van der Waals surface area contributed by atoms with Crippen LogP contribution in [0.3, 0.4) is 0 Å². The van der Waals surface area contributed by atoms with E-state index in [1.54, 1.807) is 6.07 Å². The average Bonchev–Trinajstić information content (AvgIpc) is 3.25. The summed E-state index contributed by atoms with van der Waals surface area (Å²) in [6.07, 6.45) is -3.89. The van der Waals surface area contributed by atoms with Crippen LogP contribution in [0.1, 0.15) is 18.2 Å². The predicted octanol–water partition coefficient (Wildman–Crippen LogP) is 0.982. The van der Waals surface area contributed by atoms with Crippen molar-refractivity contribution in [2.45, 2.75) is 31.0 Å². The lowest BCUT2D eigenvalue weighted by atomic mass is 10.1. The number of benzene rings is 1. The Morgan fingerprint density at radius 2 is 2.03 bits per heavy atom. The maximum atomic E-state index is 13.2. The van der Waals surface area contributed by atoms with Gasteiger partial charge >= 0.3 is 12.2 Å². The number of alkyl halides is 3. The highest BCUT2D eigenvalue weighted by molar-refractivity contribution is 6.05. The van der Waals surface area contributed by atoms with Gasteiger partial charge in [0.1, 0.15) is 18.9 Å². The first-order valence-corrected chi connectivity index (χ1v) is 10.9. The van der Waals surface area contributed by atoms with Crippen molar-refractivity contribution in [3.8, 4) is 5.88 Å². The van der Waals surface area contributed by atoms with Crippen molar-refractivity contribution in [3.63, 3.8) is 0 Å². The summed E-state index contributed by atoms with van der Waals surface area (Å²) in [4.78, 5) is 24.9. The van der Waals surface area contributed by atoms with Gasteiger partial charge in [-0.25, -0.2) is 14.8 Å². The minimum Gasteiger partial charge on any atom is -0.474 e. The van der Waals surface area contributed by atoms with E-state index < -0.39 is 37.7 Å². The molecule has 0 spiro atoms. The van der Waals surface area contributed by atoms with Gasteiger partial charge < -0.3 is 25.0 Å². The Morgan fingerprint density at radius 1 is 1.23 bits per heavy atom. The van der Waals surface area contributed by atoms with Crippen LogP contribution in [0.25, 0.3) is 0 Å². The summed E-state index contributed by atoms with van der Waals surface area (Å²) >= 11 is 0. The molecular weight excluding hydrogens is 473 g/mol. The topological polar surface area (TPSA) is 143 Å². The number of aliphatic hydroxyl groups excluding tert-OH is 3. The minimum atomic E-state index is -4.48. The molecule has 2 aliphatic heterocycles. The smallest absolute Gasteiger partial charge is 0.401 e. The zero-order valence-corrected chi connectivity index (χ0v) is 18.4. The Labute approximate surface area is 198 Å². The molecule has 0 saturated carbocycles. The van der Waals surface area contributed by atoms with Crippen LogP contribution in [0.4, 0.5) is 35.2 Å². The molecule has 2 bridgehead atoms. The molecule has 1 aromatic heterocycles. The molecule has 2 aromatic rings. The number of anilines is 3. The number of aliphatic hydroxyl groups is 3. The summed E-state index contributed by atoms with van der Waals surface area (Å²) < 4.78 is 42.8. The third-order valence-corrected chi connectivity index (χ3v) is 5.66. The summed E-state index contributed by atoms with van der Waals surface area (Å²) in [6, 6.07) is 4.03. The zero-order valence-electron chi connectivity index (χ0n) is 18.4. The van der Waals surface area contributed by atoms with Crippen LogP contribution in [0.2, 0.25) is 0 Å². The van der Waals surface area contributed by atoms with Gasteiger partial charge in [0.25, 0.3) is 0 Å². The SMILES string of the molecule is O=C(Nc1cnc(OC[C@H](O)CO)cn1)N1c2cc(C(O)NCC(F)(F)F)ccc2N2CC[C@H]1C2. The molecular formula is C21H25F3N6O5. The molecule has 4 rings (SSSR count). The van der Waals surface area contributed by atoms with E-state index in [-0.39, 0.29) is 29.9 Å². The van der Waals surface area contributed by atoms with Crippen molar-refractivity contribution in [2.75, 3.05) is 48.0 Å². The summed E-state index contributed by atoms with van der Waals surface area (Å²) in [6.45, 7) is -0.691. The highest BCUT2D eigenvalue weighted by Gasteiger charge is 2.39. The molecule has 14 heteroatoms. The molecule has 0 aliphatic carbocycles. The Hall–Kier alpha value is -3.20. The first-order valence-electron chi connectivity index (χ1n) is 10.9. The van der Waals surface area contributed by atoms with Crippen LogP contribution in [0.5, 0.6) is 5.88 Å². The molecule has 190 valence electrons. The van der Waals surface area contributed by atoms with Crippen molar-refractivity contribution in [1.82, 2.24) is 15.3 Å². The fourth-order valence-corrected chi connectivity index (χ4v) is 4.00. The number of hydrogen-bond donors (Lipinski definition) is 5. The monoisotopic (exact) mass is 498 g/mol. The number of nitrogens with zero attached hydrogens (tertiary/aromatic N) is 4. The van der Waals surface area contributed by atoms with E-state index >= 15 is 0 Å². The van der Waals surface area contributed by atoms with Crippen molar-refractivity contribution in [2.24, 2.45) is 0 Å². The van der Waals surface area contributed by atoms with Gasteiger partial charge in [-0.3, -0.25) is 15.5 Å². The second-order valence-electron chi connectivity index (χ2n) is 8.22. The Morgan fingerprint density at radius 3 is 2.71 bits per heavy atom. The second-order valence-corrected chi connectivity index (χ2v) is 8.22. The number of ether oxygens (including phenoxy) is 1. The Kier molecular flexibility index (Phi) is 7.25. The lowest BCUT2D eigenvalue weighted by molar-refractivity contribution is -0.131. The van der Waals surface area contributed by atoms with E-state index in [2.05, 4.69) is 20.2 Å². The van der Waals surface area contributed by atoms with E-state index in [1.807, 2.05) is 5.32 Å². The highest BCUT2D eigenvalue weighted by atomic mass is 19.4. The van der Waals surface area contributed by atoms with E-state index in [1.165, 1.54) is 29.4 Å². The number of nitrogens with one attached hydrogen (secondary N) is 2. The molecule has 1 aromatic carbocycles. The van der Waals surface area contributed by atoms with Crippen LogP contribution in [0, 0.1) is 0 Å². The van der Waals surface area contributed by atoms with Gasteiger partial charge in [0.15, 0.2) is 5.82 Å². The second kappa shape index (κ2) is 10.2. The number of hydrogen-bond acceptors (Lipinski definition) is 9. The van der Waals surface area contributed by atoms with E-state index in [4.69, 9.17) is 9.84 Å². The van der Waals surface area contributed by atoms with E-state index in [9.17, 15) is 28.2 Å². The van der Waals surface area contributed by atoms with Gasteiger partial charge in [0.05, 0.1) is 43.0 Å². The first-order chi connectivity index (χ1) is 16.6. The molecule has 3 atom stereocenters.